The summed E-state index contributed by atoms with van der Waals surface area (Å²) in [6.07, 6.45) is 5.37. The van der Waals surface area contributed by atoms with Crippen molar-refractivity contribution >= 4 is 11.8 Å². The molecule has 24 heavy (non-hydrogen) atoms. The van der Waals surface area contributed by atoms with Gasteiger partial charge in [0.15, 0.2) is 5.82 Å². The fourth-order valence-electron chi connectivity index (χ4n) is 3.38. The summed E-state index contributed by atoms with van der Waals surface area (Å²) < 4.78 is 13.8. The average molecular weight is 329 g/mol. The van der Waals surface area contributed by atoms with Crippen LogP contribution in [-0.4, -0.2) is 28.7 Å². The van der Waals surface area contributed by atoms with Crippen molar-refractivity contribution < 1.29 is 14.0 Å². The van der Waals surface area contributed by atoms with Gasteiger partial charge in [0.1, 0.15) is 0 Å². The number of allylic oxidation sites excluding steroid dienone is 3. The predicted molar refractivity (Wildman–Crippen MR) is 87.2 cm³/mol. The predicted octanol–water partition coefficient (Wildman–Crippen LogP) is 2.54. The van der Waals surface area contributed by atoms with Crippen molar-refractivity contribution in [3.8, 4) is 0 Å². The number of nitrogens with one attached hydrogen (secondary N) is 1. The Morgan fingerprint density at radius 3 is 2.88 bits per heavy atom. The zero-order valence-electron chi connectivity index (χ0n) is 14.2. The van der Waals surface area contributed by atoms with E-state index in [0.29, 0.717) is 17.8 Å². The maximum Gasteiger partial charge on any atom is 0.258 e. The van der Waals surface area contributed by atoms with E-state index in [2.05, 4.69) is 10.3 Å². The van der Waals surface area contributed by atoms with Gasteiger partial charge in [-0.3, -0.25) is 14.6 Å². The van der Waals surface area contributed by atoms with E-state index in [1.165, 1.54) is 6.07 Å². The van der Waals surface area contributed by atoms with Crippen molar-refractivity contribution in [2.45, 2.75) is 27.2 Å². The number of halogens is 1. The summed E-state index contributed by atoms with van der Waals surface area (Å²) in [5, 5.41) is 2.72. The SMILES string of the molecule is Cc1cc(C(=O)NC2=CCC3C(=C2)N(C)C(=O)C3(C)C)c(F)cn1. The zero-order chi connectivity index (χ0) is 17.6. The molecular formula is C18H20FN3O2. The number of aryl methyl sites for hydroxylation is 1. The molecule has 1 N–H and O–H groups in total. The molecule has 0 aromatic carbocycles. The van der Waals surface area contributed by atoms with Crippen molar-refractivity contribution in [2.75, 3.05) is 7.05 Å². The van der Waals surface area contributed by atoms with Crippen molar-refractivity contribution in [1.82, 2.24) is 15.2 Å². The van der Waals surface area contributed by atoms with Gasteiger partial charge in [-0.2, -0.15) is 0 Å². The van der Waals surface area contributed by atoms with Crippen LogP contribution in [0.15, 0.2) is 35.8 Å². The molecule has 5 nitrogen and oxygen atoms in total. The van der Waals surface area contributed by atoms with E-state index < -0.39 is 17.1 Å². The zero-order valence-corrected chi connectivity index (χ0v) is 14.2. The first-order valence-electron chi connectivity index (χ1n) is 7.85. The molecule has 1 unspecified atom stereocenters. The second-order valence-corrected chi connectivity index (χ2v) is 6.86. The number of hydrogen-bond donors (Lipinski definition) is 1. The number of aromatic nitrogens is 1. The molecule has 1 fully saturated rings. The third-order valence-corrected chi connectivity index (χ3v) is 4.84. The molecule has 2 amide bonds. The standard InChI is InChI=1S/C18H20FN3O2/c1-10-7-12(14(19)9-20-10)16(23)21-11-5-6-13-15(8-11)22(4)17(24)18(13,2)3/h5,7-9,13H,6H2,1-4H3,(H,21,23). The number of pyridine rings is 1. The highest BCUT2D eigenvalue weighted by Crippen LogP contribution is 2.46. The van der Waals surface area contributed by atoms with Gasteiger partial charge in [0.25, 0.3) is 5.91 Å². The van der Waals surface area contributed by atoms with E-state index in [1.54, 1.807) is 24.9 Å². The van der Waals surface area contributed by atoms with Gasteiger partial charge in [0.2, 0.25) is 5.91 Å². The lowest BCUT2D eigenvalue weighted by Gasteiger charge is -2.25. The molecule has 0 saturated carbocycles. The van der Waals surface area contributed by atoms with Gasteiger partial charge < -0.3 is 10.2 Å². The molecule has 6 heteroatoms. The van der Waals surface area contributed by atoms with Gasteiger partial charge in [-0.05, 0) is 25.5 Å². The molecule has 0 radical (unpaired) electrons. The van der Waals surface area contributed by atoms with Crippen molar-refractivity contribution in [3.63, 3.8) is 0 Å². The third kappa shape index (κ3) is 2.52. The fraction of sp³-hybridized carbons (Fsp3) is 0.389. The molecule has 126 valence electrons. The van der Waals surface area contributed by atoms with E-state index in [-0.39, 0.29) is 17.4 Å². The Morgan fingerprint density at radius 2 is 2.17 bits per heavy atom. The molecule has 2 aliphatic rings. The number of nitrogens with zero attached hydrogens (tertiary/aromatic N) is 2. The van der Waals surface area contributed by atoms with Gasteiger partial charge >= 0.3 is 0 Å². The fourth-order valence-corrected chi connectivity index (χ4v) is 3.38. The minimum absolute atomic E-state index is 0.0416. The number of likely N-dealkylation sites (tertiary alicyclic amines) is 1. The molecule has 3 rings (SSSR count). The van der Waals surface area contributed by atoms with Crippen LogP contribution in [0.4, 0.5) is 4.39 Å². The second kappa shape index (κ2) is 5.54. The lowest BCUT2D eigenvalue weighted by Crippen LogP contribution is -2.29. The third-order valence-electron chi connectivity index (χ3n) is 4.84. The molecule has 0 spiro atoms. The highest BCUT2D eigenvalue weighted by atomic mass is 19.1. The first-order valence-corrected chi connectivity index (χ1v) is 7.85. The van der Waals surface area contributed by atoms with Gasteiger partial charge in [-0.1, -0.05) is 19.9 Å². The van der Waals surface area contributed by atoms with Crippen LogP contribution >= 0.6 is 0 Å². The van der Waals surface area contributed by atoms with Gasteiger partial charge in [-0.15, -0.1) is 0 Å². The second-order valence-electron chi connectivity index (χ2n) is 6.86. The Morgan fingerprint density at radius 1 is 1.46 bits per heavy atom. The number of rotatable bonds is 2. The number of hydrogen-bond acceptors (Lipinski definition) is 3. The minimum Gasteiger partial charge on any atom is -0.322 e. The maximum atomic E-state index is 13.8. The molecule has 1 aromatic rings. The van der Waals surface area contributed by atoms with E-state index in [4.69, 9.17) is 0 Å². The molecule has 1 aromatic heterocycles. The lowest BCUT2D eigenvalue weighted by atomic mass is 9.76. The first kappa shape index (κ1) is 16.4. The molecule has 1 aliphatic heterocycles. The van der Waals surface area contributed by atoms with Crippen molar-refractivity contribution in [3.05, 3.63) is 52.9 Å². The van der Waals surface area contributed by atoms with Crippen LogP contribution in [0.25, 0.3) is 0 Å². The van der Waals surface area contributed by atoms with Crippen LogP contribution in [0.1, 0.15) is 36.3 Å². The van der Waals surface area contributed by atoms with Crippen LogP contribution < -0.4 is 5.32 Å². The number of carbonyl (C=O) groups excluding carboxylic acids is 2. The normalized spacial score (nSPS) is 22.0. The molecule has 2 heterocycles. The minimum atomic E-state index is -0.658. The summed E-state index contributed by atoms with van der Waals surface area (Å²) in [6.45, 7) is 5.57. The van der Waals surface area contributed by atoms with Gasteiger partial charge in [0, 0.05) is 30.1 Å². The largest absolute Gasteiger partial charge is 0.322 e. The van der Waals surface area contributed by atoms with E-state index in [0.717, 1.165) is 11.9 Å². The topological polar surface area (TPSA) is 62.3 Å². The van der Waals surface area contributed by atoms with E-state index in [9.17, 15) is 14.0 Å². The Bertz CT molecular complexity index is 795. The van der Waals surface area contributed by atoms with Crippen LogP contribution in [0.3, 0.4) is 0 Å². The molecule has 1 saturated heterocycles. The number of amides is 2. The number of carbonyl (C=O) groups is 2. The highest BCUT2D eigenvalue weighted by molar-refractivity contribution is 5.96. The molecule has 1 atom stereocenters. The Kier molecular flexibility index (Phi) is 3.78. The lowest BCUT2D eigenvalue weighted by molar-refractivity contribution is -0.133. The summed E-state index contributed by atoms with van der Waals surface area (Å²) in [7, 11) is 1.74. The summed E-state index contributed by atoms with van der Waals surface area (Å²) in [6, 6.07) is 1.42. The maximum absolute atomic E-state index is 13.8. The quantitative estimate of drug-likeness (QED) is 0.907. The summed E-state index contributed by atoms with van der Waals surface area (Å²) in [4.78, 5) is 30.1. The smallest absolute Gasteiger partial charge is 0.258 e. The van der Waals surface area contributed by atoms with Crippen LogP contribution in [0.2, 0.25) is 0 Å². The monoisotopic (exact) mass is 329 g/mol. The Balaban J connectivity index is 1.83. The Hall–Kier alpha value is -2.50. The summed E-state index contributed by atoms with van der Waals surface area (Å²) >= 11 is 0. The van der Waals surface area contributed by atoms with E-state index in [1.807, 2.05) is 19.9 Å². The average Bonchev–Trinajstić information content (AvgIpc) is 2.70. The van der Waals surface area contributed by atoms with E-state index >= 15 is 0 Å². The molecule has 0 bridgehead atoms. The molecule has 1 aliphatic carbocycles. The summed E-state index contributed by atoms with van der Waals surface area (Å²) in [5.74, 6) is -1.02. The van der Waals surface area contributed by atoms with Crippen LogP contribution in [0.5, 0.6) is 0 Å². The van der Waals surface area contributed by atoms with Crippen molar-refractivity contribution in [1.29, 1.82) is 0 Å². The Labute approximate surface area is 140 Å². The van der Waals surface area contributed by atoms with Crippen molar-refractivity contribution in [2.24, 2.45) is 11.3 Å². The number of fused-ring (bicyclic) bond motifs is 1. The first-order chi connectivity index (χ1) is 11.2. The summed E-state index contributed by atoms with van der Waals surface area (Å²) in [5.41, 5.74) is 1.54. The molecular weight excluding hydrogens is 309 g/mol. The van der Waals surface area contributed by atoms with Crippen LogP contribution in [-0.2, 0) is 4.79 Å². The van der Waals surface area contributed by atoms with Gasteiger partial charge in [-0.25, -0.2) is 4.39 Å². The van der Waals surface area contributed by atoms with Crippen LogP contribution in [0, 0.1) is 24.1 Å². The van der Waals surface area contributed by atoms with Gasteiger partial charge in [0.05, 0.1) is 17.2 Å². The highest BCUT2D eigenvalue weighted by Gasteiger charge is 2.49.